The Hall–Kier alpha value is -3.58. The molecular weight excluding hydrogens is 504 g/mol. The van der Waals surface area contributed by atoms with Crippen molar-refractivity contribution in [2.45, 2.75) is 78.2 Å². The number of carbonyl (C=O) groups excluding carboxylic acids is 3. The van der Waals surface area contributed by atoms with Gasteiger partial charge in [-0.15, -0.1) is 0 Å². The molecule has 37 heavy (non-hydrogen) atoms. The topological polar surface area (TPSA) is 154 Å². The van der Waals surface area contributed by atoms with Crippen molar-refractivity contribution >= 4 is 33.9 Å². The van der Waals surface area contributed by atoms with Crippen molar-refractivity contribution < 1.29 is 37.1 Å². The predicted octanol–water partition coefficient (Wildman–Crippen LogP) is 3.52. The van der Waals surface area contributed by atoms with E-state index < -0.39 is 27.7 Å². The Bertz CT molecular complexity index is 1170. The molecule has 2 aromatic heterocycles. The number of nitrogens with zero attached hydrogens (tertiary/aromatic N) is 3. The number of sulfonamides is 1. The second kappa shape index (κ2) is 13.1. The van der Waals surface area contributed by atoms with Gasteiger partial charge in [-0.05, 0) is 65.8 Å². The normalized spacial score (nSPS) is 11.5. The minimum Gasteiger partial charge on any atom is -0.460 e. The monoisotopic (exact) mass is 538 g/mol. The van der Waals surface area contributed by atoms with Crippen LogP contribution in [0.4, 0.5) is 10.6 Å². The molecule has 0 saturated carbocycles. The maximum Gasteiger partial charge on any atom is 0.450 e. The molecule has 12 nitrogen and oxygen atoms in total. The van der Waals surface area contributed by atoms with Gasteiger partial charge in [0, 0.05) is 20.0 Å². The number of anilines is 1. The summed E-state index contributed by atoms with van der Waals surface area (Å²) >= 11 is 0. The molecule has 2 aromatic rings. The Morgan fingerprint density at radius 1 is 0.892 bits per heavy atom. The summed E-state index contributed by atoms with van der Waals surface area (Å²) in [4.78, 5) is 46.9. The standard InChI is InChI=1S/C18H22N4O6S.C6H12O2/c1-13(23)28-22(17(24)27-18(2,3)4)15-9-7-8-14(21-15)12-20-29(25,26)16-10-5-6-11-19-16;1-5(7)8-6(2,3)4/h5-11,20H,12H2,1-4H3;1-4H3. The average molecular weight is 539 g/mol. The lowest BCUT2D eigenvalue weighted by Gasteiger charge is -2.25. The third kappa shape index (κ3) is 12.8. The third-order valence-electron chi connectivity index (χ3n) is 3.59. The molecule has 0 radical (unpaired) electrons. The summed E-state index contributed by atoms with van der Waals surface area (Å²) in [5.41, 5.74) is -0.875. The summed E-state index contributed by atoms with van der Waals surface area (Å²) < 4.78 is 36.9. The van der Waals surface area contributed by atoms with E-state index in [0.29, 0.717) is 5.06 Å². The molecule has 1 amide bonds. The van der Waals surface area contributed by atoms with E-state index in [4.69, 9.17) is 14.3 Å². The van der Waals surface area contributed by atoms with Gasteiger partial charge in [0.25, 0.3) is 10.0 Å². The van der Waals surface area contributed by atoms with Crippen molar-refractivity contribution in [2.24, 2.45) is 0 Å². The van der Waals surface area contributed by atoms with Crippen molar-refractivity contribution in [3.05, 3.63) is 48.3 Å². The van der Waals surface area contributed by atoms with Crippen LogP contribution in [-0.2, 0) is 40.5 Å². The molecule has 0 bridgehead atoms. The fraction of sp³-hybridized carbons (Fsp3) is 0.458. The van der Waals surface area contributed by atoms with Gasteiger partial charge in [0.15, 0.2) is 10.8 Å². The van der Waals surface area contributed by atoms with Crippen LogP contribution in [0.1, 0.15) is 61.1 Å². The summed E-state index contributed by atoms with van der Waals surface area (Å²) in [6, 6.07) is 9.02. The van der Waals surface area contributed by atoms with Crippen molar-refractivity contribution in [3.8, 4) is 0 Å². The number of hydrogen-bond donors (Lipinski definition) is 1. The summed E-state index contributed by atoms with van der Waals surface area (Å²) in [6.45, 7) is 12.9. The Morgan fingerprint density at radius 2 is 1.51 bits per heavy atom. The van der Waals surface area contributed by atoms with E-state index in [9.17, 15) is 22.8 Å². The van der Waals surface area contributed by atoms with Gasteiger partial charge < -0.3 is 14.3 Å². The van der Waals surface area contributed by atoms with Gasteiger partial charge in [-0.3, -0.25) is 4.79 Å². The highest BCUT2D eigenvalue weighted by atomic mass is 32.2. The van der Waals surface area contributed by atoms with Crippen LogP contribution >= 0.6 is 0 Å². The zero-order chi connectivity index (χ0) is 28.4. The summed E-state index contributed by atoms with van der Waals surface area (Å²) in [5.74, 6) is -1.01. The number of rotatable bonds is 5. The van der Waals surface area contributed by atoms with E-state index in [1.165, 1.54) is 31.3 Å². The lowest BCUT2D eigenvalue weighted by molar-refractivity contribution is -0.152. The van der Waals surface area contributed by atoms with Gasteiger partial charge >= 0.3 is 18.0 Å². The van der Waals surface area contributed by atoms with Gasteiger partial charge in [0.1, 0.15) is 11.2 Å². The van der Waals surface area contributed by atoms with E-state index >= 15 is 0 Å². The van der Waals surface area contributed by atoms with Gasteiger partial charge in [-0.2, -0.15) is 0 Å². The molecule has 0 atom stereocenters. The molecule has 0 aliphatic carbocycles. The molecule has 1 N–H and O–H groups in total. The first-order chi connectivity index (χ1) is 16.9. The van der Waals surface area contributed by atoms with Crippen LogP contribution in [0.25, 0.3) is 0 Å². The van der Waals surface area contributed by atoms with Crippen LogP contribution in [-0.4, -0.2) is 47.6 Å². The van der Waals surface area contributed by atoms with Gasteiger partial charge in [-0.1, -0.05) is 17.2 Å². The lowest BCUT2D eigenvalue weighted by Crippen LogP contribution is -2.38. The van der Waals surface area contributed by atoms with Crippen LogP contribution in [0, 0.1) is 0 Å². The number of amides is 1. The Kier molecular flexibility index (Phi) is 11.1. The van der Waals surface area contributed by atoms with E-state index in [-0.39, 0.29) is 34.7 Å². The minimum absolute atomic E-state index is 0.0380. The van der Waals surface area contributed by atoms with Crippen LogP contribution in [0.3, 0.4) is 0 Å². The maximum absolute atomic E-state index is 12.4. The first kappa shape index (κ1) is 31.4. The second-order valence-corrected chi connectivity index (χ2v) is 11.3. The van der Waals surface area contributed by atoms with Gasteiger partial charge in [0.05, 0.1) is 12.2 Å². The molecule has 0 aromatic carbocycles. The molecule has 2 rings (SSSR count). The molecule has 0 saturated heterocycles. The van der Waals surface area contributed by atoms with E-state index in [1.54, 1.807) is 39.0 Å². The Morgan fingerprint density at radius 3 is 1.97 bits per heavy atom. The lowest BCUT2D eigenvalue weighted by atomic mass is 10.2. The highest BCUT2D eigenvalue weighted by molar-refractivity contribution is 7.89. The smallest absolute Gasteiger partial charge is 0.450 e. The van der Waals surface area contributed by atoms with Crippen molar-refractivity contribution in [1.82, 2.24) is 14.7 Å². The first-order valence-corrected chi connectivity index (χ1v) is 12.7. The maximum atomic E-state index is 12.4. The number of pyridine rings is 2. The Labute approximate surface area is 217 Å². The van der Waals surface area contributed by atoms with E-state index in [2.05, 4.69) is 14.7 Å². The number of hydrogen-bond acceptors (Lipinski definition) is 10. The SMILES string of the molecule is CC(=O)OC(C)(C)C.CC(=O)ON(C(=O)OC(C)(C)C)c1cccc(CNS(=O)(=O)c2ccccn2)n1. The highest BCUT2D eigenvalue weighted by Gasteiger charge is 2.27. The van der Waals surface area contributed by atoms with Crippen molar-refractivity contribution in [1.29, 1.82) is 0 Å². The molecule has 0 unspecified atom stereocenters. The number of ether oxygens (including phenoxy) is 2. The third-order valence-corrected chi connectivity index (χ3v) is 4.90. The zero-order valence-electron chi connectivity index (χ0n) is 22.3. The number of aromatic nitrogens is 2. The predicted molar refractivity (Wildman–Crippen MR) is 134 cm³/mol. The van der Waals surface area contributed by atoms with Crippen molar-refractivity contribution in [2.75, 3.05) is 5.06 Å². The number of nitrogens with one attached hydrogen (secondary N) is 1. The fourth-order valence-corrected chi connectivity index (χ4v) is 3.41. The molecular formula is C24H34N4O8S. The van der Waals surface area contributed by atoms with Crippen LogP contribution < -0.4 is 9.79 Å². The quantitative estimate of drug-likeness (QED) is 0.442. The van der Waals surface area contributed by atoms with Gasteiger partial charge in [0.2, 0.25) is 0 Å². The number of carbonyl (C=O) groups is 3. The highest BCUT2D eigenvalue weighted by Crippen LogP contribution is 2.18. The van der Waals surface area contributed by atoms with E-state index in [0.717, 1.165) is 6.92 Å². The summed E-state index contributed by atoms with van der Waals surface area (Å²) in [5, 5.41) is 0.482. The minimum atomic E-state index is -3.84. The largest absolute Gasteiger partial charge is 0.460 e. The molecule has 0 spiro atoms. The number of esters is 1. The molecule has 0 fully saturated rings. The summed E-state index contributed by atoms with van der Waals surface area (Å²) in [6.07, 6.45) is 0.428. The van der Waals surface area contributed by atoms with Gasteiger partial charge in [-0.25, -0.2) is 32.7 Å². The molecule has 204 valence electrons. The molecule has 0 aliphatic rings. The second-order valence-electron chi connectivity index (χ2n) is 9.54. The van der Waals surface area contributed by atoms with Crippen molar-refractivity contribution in [3.63, 3.8) is 0 Å². The van der Waals surface area contributed by atoms with Crippen LogP contribution in [0.5, 0.6) is 0 Å². The molecule has 0 aliphatic heterocycles. The molecule has 2 heterocycles. The summed E-state index contributed by atoms with van der Waals surface area (Å²) in [7, 11) is -3.84. The average Bonchev–Trinajstić information content (AvgIpc) is 2.74. The van der Waals surface area contributed by atoms with Crippen LogP contribution in [0.2, 0.25) is 0 Å². The van der Waals surface area contributed by atoms with Crippen LogP contribution in [0.15, 0.2) is 47.6 Å². The van der Waals surface area contributed by atoms with E-state index in [1.807, 2.05) is 20.8 Å². The molecule has 13 heteroatoms. The fourth-order valence-electron chi connectivity index (χ4n) is 2.47. The Balaban J connectivity index is 0.000000738. The first-order valence-electron chi connectivity index (χ1n) is 11.2. The number of hydroxylamine groups is 1. The zero-order valence-corrected chi connectivity index (χ0v) is 23.1.